The first-order valence-corrected chi connectivity index (χ1v) is 9.55. The van der Waals surface area contributed by atoms with Gasteiger partial charge in [0.1, 0.15) is 11.5 Å². The highest BCUT2D eigenvalue weighted by atomic mass is 79.9. The van der Waals surface area contributed by atoms with Crippen LogP contribution in [-0.4, -0.2) is 10.2 Å². The summed E-state index contributed by atoms with van der Waals surface area (Å²) in [5, 5.41) is 20.1. The lowest BCUT2D eigenvalue weighted by atomic mass is 9.90. The minimum atomic E-state index is -0.674. The molecule has 0 amide bonds. The molecular formula is C14H11Br4O2P. The van der Waals surface area contributed by atoms with Crippen molar-refractivity contribution >= 4 is 73.0 Å². The average Bonchev–Trinajstić information content (AvgIpc) is 2.37. The van der Waals surface area contributed by atoms with Gasteiger partial charge in [-0.2, -0.15) is 0 Å². The smallest absolute Gasteiger partial charge is 0.134 e. The molecule has 7 heteroatoms. The molecule has 0 saturated carbocycles. The van der Waals surface area contributed by atoms with Gasteiger partial charge in [-0.1, -0.05) is 31.9 Å². The number of halogens is 4. The number of phenols is 2. The van der Waals surface area contributed by atoms with Gasteiger partial charge in [0.25, 0.3) is 0 Å². The standard InChI is InChI=1S/C14H11Br4O2P/c1-14(21,8-2-6(15)4-10(17)12(8)19)9-3-7(16)5-11(18)13(9)20/h2-5,19-20H,21H2,1H3. The lowest BCUT2D eigenvalue weighted by molar-refractivity contribution is 0.449. The van der Waals surface area contributed by atoms with Crippen LogP contribution in [-0.2, 0) is 5.16 Å². The van der Waals surface area contributed by atoms with E-state index in [-0.39, 0.29) is 11.5 Å². The summed E-state index contributed by atoms with van der Waals surface area (Å²) in [4.78, 5) is 0. The molecule has 1 atom stereocenters. The predicted octanol–water partition coefficient (Wildman–Crippen LogP) is 6.29. The summed E-state index contributed by atoms with van der Waals surface area (Å²) in [7, 11) is 2.70. The summed E-state index contributed by atoms with van der Waals surface area (Å²) < 4.78 is 2.86. The number of hydrogen-bond donors (Lipinski definition) is 2. The highest BCUT2D eigenvalue weighted by molar-refractivity contribution is 9.11. The van der Waals surface area contributed by atoms with Crippen LogP contribution >= 0.6 is 73.0 Å². The molecule has 0 aliphatic carbocycles. The quantitative estimate of drug-likeness (QED) is 0.424. The van der Waals surface area contributed by atoms with E-state index in [9.17, 15) is 10.2 Å². The van der Waals surface area contributed by atoms with E-state index in [4.69, 9.17) is 0 Å². The number of benzene rings is 2. The molecule has 2 aromatic carbocycles. The van der Waals surface area contributed by atoms with Crippen molar-refractivity contribution < 1.29 is 10.2 Å². The third-order valence-corrected chi connectivity index (χ3v) is 5.92. The molecule has 0 bridgehead atoms. The summed E-state index contributed by atoms with van der Waals surface area (Å²) in [6.07, 6.45) is 0. The summed E-state index contributed by atoms with van der Waals surface area (Å²) >= 11 is 13.5. The third-order valence-electron chi connectivity index (χ3n) is 3.18. The molecule has 0 aromatic heterocycles. The zero-order chi connectivity index (χ0) is 15.9. The van der Waals surface area contributed by atoms with E-state index < -0.39 is 5.16 Å². The first kappa shape index (κ1) is 17.7. The molecular weight excluding hydrogens is 551 g/mol. The minimum Gasteiger partial charge on any atom is -0.506 e. The van der Waals surface area contributed by atoms with Crippen LogP contribution in [0.2, 0.25) is 0 Å². The molecule has 2 rings (SSSR count). The molecule has 0 saturated heterocycles. The zero-order valence-electron chi connectivity index (χ0n) is 10.8. The topological polar surface area (TPSA) is 40.5 Å². The van der Waals surface area contributed by atoms with Gasteiger partial charge in [-0.25, -0.2) is 0 Å². The Bertz CT molecular complexity index is 657. The second kappa shape index (κ2) is 6.48. The van der Waals surface area contributed by atoms with Gasteiger partial charge in [0.2, 0.25) is 0 Å². The molecule has 0 spiro atoms. The fourth-order valence-corrected chi connectivity index (χ4v) is 4.96. The molecule has 1 unspecified atom stereocenters. The Labute approximate surface area is 159 Å². The second-order valence-corrected chi connectivity index (χ2v) is 9.46. The van der Waals surface area contributed by atoms with Crippen molar-refractivity contribution in [1.82, 2.24) is 0 Å². The van der Waals surface area contributed by atoms with Crippen molar-refractivity contribution in [3.05, 3.63) is 53.3 Å². The molecule has 0 radical (unpaired) electrons. The number of aromatic hydroxyl groups is 2. The molecule has 0 aliphatic rings. The van der Waals surface area contributed by atoms with Gasteiger partial charge in [0, 0.05) is 25.2 Å². The van der Waals surface area contributed by atoms with Gasteiger partial charge in [0.05, 0.1) is 8.95 Å². The number of hydrogen-bond acceptors (Lipinski definition) is 2. The second-order valence-electron chi connectivity index (χ2n) is 4.77. The molecule has 2 aromatic rings. The average molecular weight is 562 g/mol. The van der Waals surface area contributed by atoms with Gasteiger partial charge < -0.3 is 10.2 Å². The van der Waals surface area contributed by atoms with E-state index in [1.165, 1.54) is 0 Å². The molecule has 112 valence electrons. The Morgan fingerprint density at radius 1 is 0.810 bits per heavy atom. The van der Waals surface area contributed by atoms with Crippen molar-refractivity contribution in [1.29, 1.82) is 0 Å². The van der Waals surface area contributed by atoms with E-state index in [2.05, 4.69) is 73.0 Å². The Hall–Kier alpha value is 0.390. The first-order chi connectivity index (χ1) is 9.64. The van der Waals surface area contributed by atoms with Crippen LogP contribution in [0.5, 0.6) is 11.5 Å². The maximum atomic E-state index is 10.4. The molecule has 0 fully saturated rings. The van der Waals surface area contributed by atoms with Crippen LogP contribution in [0, 0.1) is 0 Å². The fraction of sp³-hybridized carbons (Fsp3) is 0.143. The Morgan fingerprint density at radius 2 is 1.14 bits per heavy atom. The van der Waals surface area contributed by atoms with Gasteiger partial charge in [-0.15, -0.1) is 9.24 Å². The van der Waals surface area contributed by atoms with E-state index in [0.717, 1.165) is 8.95 Å². The van der Waals surface area contributed by atoms with Crippen molar-refractivity contribution in [2.24, 2.45) is 0 Å². The van der Waals surface area contributed by atoms with Crippen LogP contribution in [0.1, 0.15) is 18.1 Å². The molecule has 0 heterocycles. The SMILES string of the molecule is CC(P)(c1cc(Br)cc(Br)c1O)c1cc(Br)cc(Br)c1O. The van der Waals surface area contributed by atoms with Gasteiger partial charge in [0.15, 0.2) is 0 Å². The maximum Gasteiger partial charge on any atom is 0.134 e. The molecule has 0 aliphatic heterocycles. The van der Waals surface area contributed by atoms with E-state index in [1.54, 1.807) is 12.1 Å². The Kier molecular flexibility index (Phi) is 5.48. The molecule has 2 nitrogen and oxygen atoms in total. The minimum absolute atomic E-state index is 0.145. The van der Waals surface area contributed by atoms with E-state index >= 15 is 0 Å². The maximum absolute atomic E-state index is 10.4. The number of rotatable bonds is 2. The highest BCUT2D eigenvalue weighted by Crippen LogP contribution is 2.50. The highest BCUT2D eigenvalue weighted by Gasteiger charge is 2.31. The lowest BCUT2D eigenvalue weighted by Crippen LogP contribution is -2.16. The van der Waals surface area contributed by atoms with Crippen LogP contribution in [0.15, 0.2) is 42.2 Å². The van der Waals surface area contributed by atoms with Crippen LogP contribution < -0.4 is 0 Å². The van der Waals surface area contributed by atoms with Gasteiger partial charge in [-0.3, -0.25) is 0 Å². The zero-order valence-corrected chi connectivity index (χ0v) is 18.3. The summed E-state index contributed by atoms with van der Waals surface area (Å²) in [6.45, 7) is 1.92. The first-order valence-electron chi connectivity index (χ1n) is 5.80. The van der Waals surface area contributed by atoms with Crippen molar-refractivity contribution in [3.63, 3.8) is 0 Å². The third kappa shape index (κ3) is 3.50. The van der Waals surface area contributed by atoms with E-state index in [0.29, 0.717) is 20.1 Å². The number of phenolic OH excluding ortho intramolecular Hbond substituents is 2. The monoisotopic (exact) mass is 558 g/mol. The van der Waals surface area contributed by atoms with Crippen molar-refractivity contribution in [2.45, 2.75) is 12.1 Å². The fourth-order valence-electron chi connectivity index (χ4n) is 2.07. The lowest BCUT2D eigenvalue weighted by Gasteiger charge is -2.28. The summed E-state index contributed by atoms with van der Waals surface area (Å²) in [6, 6.07) is 7.22. The van der Waals surface area contributed by atoms with Crippen LogP contribution in [0.25, 0.3) is 0 Å². The summed E-state index contributed by atoms with van der Waals surface area (Å²) in [5.74, 6) is 0.289. The van der Waals surface area contributed by atoms with Gasteiger partial charge >= 0.3 is 0 Å². The van der Waals surface area contributed by atoms with Crippen molar-refractivity contribution in [3.8, 4) is 11.5 Å². The van der Waals surface area contributed by atoms with Crippen LogP contribution in [0.3, 0.4) is 0 Å². The largest absolute Gasteiger partial charge is 0.506 e. The normalized spacial score (nSPS) is 11.7. The predicted molar refractivity (Wildman–Crippen MR) is 103 cm³/mol. The summed E-state index contributed by atoms with van der Waals surface area (Å²) in [5.41, 5.74) is 1.35. The van der Waals surface area contributed by atoms with Crippen LogP contribution in [0.4, 0.5) is 0 Å². The van der Waals surface area contributed by atoms with Crippen molar-refractivity contribution in [2.75, 3.05) is 0 Å². The molecule has 2 N–H and O–H groups in total. The molecule has 21 heavy (non-hydrogen) atoms. The van der Waals surface area contributed by atoms with E-state index in [1.807, 2.05) is 19.1 Å². The Balaban J connectivity index is 2.73. The Morgan fingerprint density at radius 3 is 1.48 bits per heavy atom. The van der Waals surface area contributed by atoms with Gasteiger partial charge in [-0.05, 0) is 63.0 Å².